The Bertz CT molecular complexity index is 1110. The minimum absolute atomic E-state index is 0.0318. The fraction of sp³-hybridized carbons (Fsp3) is 0.417. The summed E-state index contributed by atoms with van der Waals surface area (Å²) in [5.41, 5.74) is 0.417. The number of nitrogens with one attached hydrogen (secondary N) is 1. The second-order valence-corrected chi connectivity index (χ2v) is 8.40. The molecule has 0 fully saturated rings. The molecule has 0 aliphatic carbocycles. The Morgan fingerprint density at radius 3 is 2.24 bits per heavy atom. The molecule has 3 rings (SSSR count). The van der Waals surface area contributed by atoms with Crippen molar-refractivity contribution in [3.05, 3.63) is 75.5 Å². The molecule has 0 saturated heterocycles. The van der Waals surface area contributed by atoms with Crippen LogP contribution in [-0.2, 0) is 6.54 Å². The number of carbonyl (C=O) groups is 1. The van der Waals surface area contributed by atoms with E-state index in [2.05, 4.69) is 24.3 Å². The topological polar surface area (TPSA) is 60.1 Å². The highest BCUT2D eigenvalue weighted by molar-refractivity contribution is 6.32. The highest BCUT2D eigenvalue weighted by Gasteiger charge is 2.28. The summed E-state index contributed by atoms with van der Waals surface area (Å²) in [5, 5.41) is 5.62. The Kier molecular flexibility index (Phi) is 8.41. The minimum atomic E-state index is -3.11. The summed E-state index contributed by atoms with van der Waals surface area (Å²) in [5.74, 6) is 0.0239. The highest BCUT2D eigenvalue weighted by atomic mass is 35.5. The molecule has 1 amide bonds. The van der Waals surface area contributed by atoms with Gasteiger partial charge in [0.2, 0.25) is 0 Å². The molecule has 0 aliphatic rings. The molecule has 184 valence electrons. The van der Waals surface area contributed by atoms with Crippen LogP contribution in [0.2, 0.25) is 5.02 Å². The van der Waals surface area contributed by atoms with Crippen molar-refractivity contribution in [2.45, 2.75) is 65.0 Å². The number of carbonyl (C=O) groups excluding carboxylic acids is 1. The van der Waals surface area contributed by atoms with Crippen LogP contribution in [0.15, 0.2) is 40.8 Å². The normalized spacial score (nSPS) is 13.5. The van der Waals surface area contributed by atoms with Gasteiger partial charge in [0.15, 0.2) is 5.76 Å². The fourth-order valence-corrected chi connectivity index (χ4v) is 3.92. The van der Waals surface area contributed by atoms with Crippen molar-refractivity contribution in [1.82, 2.24) is 15.1 Å². The first kappa shape index (κ1) is 25.8. The molecule has 1 aromatic carbocycles. The molecule has 34 heavy (non-hydrogen) atoms. The smallest absolute Gasteiger partial charge is 0.287 e. The van der Waals surface area contributed by atoms with Crippen LogP contribution in [0.1, 0.15) is 97.3 Å². The first-order valence-corrected chi connectivity index (χ1v) is 11.4. The van der Waals surface area contributed by atoms with Gasteiger partial charge in [0.05, 0.1) is 17.6 Å². The van der Waals surface area contributed by atoms with E-state index in [1.54, 1.807) is 0 Å². The van der Waals surface area contributed by atoms with E-state index in [0.717, 1.165) is 12.0 Å². The molecule has 0 saturated carbocycles. The van der Waals surface area contributed by atoms with Crippen LogP contribution in [0.5, 0.6) is 0 Å². The number of rotatable bonds is 10. The third-order valence-corrected chi connectivity index (χ3v) is 6.18. The van der Waals surface area contributed by atoms with Crippen molar-refractivity contribution in [2.75, 3.05) is 0 Å². The number of hydrogen-bond donors (Lipinski definition) is 1. The van der Waals surface area contributed by atoms with E-state index in [1.807, 2.05) is 31.2 Å². The van der Waals surface area contributed by atoms with E-state index >= 15 is 0 Å². The second kappa shape index (κ2) is 11.1. The first-order chi connectivity index (χ1) is 16.2. The number of halogens is 5. The van der Waals surface area contributed by atoms with Gasteiger partial charge in [-0.15, -0.1) is 0 Å². The van der Waals surface area contributed by atoms with Crippen molar-refractivity contribution in [2.24, 2.45) is 0 Å². The molecule has 0 bridgehead atoms. The molecule has 1 N–H and O–H groups in total. The highest BCUT2D eigenvalue weighted by Crippen LogP contribution is 2.35. The number of hydrogen-bond acceptors (Lipinski definition) is 3. The Labute approximate surface area is 200 Å². The molecular weight excluding hydrogens is 474 g/mol. The SMILES string of the molecule is CCC(C)c1ccc(C(CC)NC(=O)c2ccc(Cn3nc(C(F)F)c(Cl)c3C(F)F)o2)cc1. The number of furan rings is 1. The number of nitrogens with zero attached hydrogens (tertiary/aromatic N) is 2. The molecule has 0 radical (unpaired) electrons. The van der Waals surface area contributed by atoms with Crippen LogP contribution in [0.3, 0.4) is 0 Å². The van der Waals surface area contributed by atoms with Crippen LogP contribution >= 0.6 is 11.6 Å². The number of aromatic nitrogens is 2. The Morgan fingerprint density at radius 2 is 1.68 bits per heavy atom. The fourth-order valence-electron chi connectivity index (χ4n) is 3.62. The van der Waals surface area contributed by atoms with E-state index in [0.29, 0.717) is 17.0 Å². The average Bonchev–Trinajstić information content (AvgIpc) is 3.41. The van der Waals surface area contributed by atoms with Crippen LogP contribution in [0.25, 0.3) is 0 Å². The Balaban J connectivity index is 1.73. The summed E-state index contributed by atoms with van der Waals surface area (Å²) in [6, 6.07) is 10.6. The summed E-state index contributed by atoms with van der Waals surface area (Å²) < 4.78 is 58.9. The zero-order chi connectivity index (χ0) is 25.0. The largest absolute Gasteiger partial charge is 0.454 e. The molecule has 3 aromatic rings. The Hall–Kier alpha value is -2.81. The summed E-state index contributed by atoms with van der Waals surface area (Å²) in [7, 11) is 0. The van der Waals surface area contributed by atoms with Crippen molar-refractivity contribution < 1.29 is 26.8 Å². The average molecular weight is 500 g/mol. The van der Waals surface area contributed by atoms with Crippen LogP contribution in [-0.4, -0.2) is 15.7 Å². The van der Waals surface area contributed by atoms with Crippen LogP contribution in [0, 0.1) is 0 Å². The summed E-state index contributed by atoms with van der Waals surface area (Å²) in [4.78, 5) is 12.7. The number of benzene rings is 1. The van der Waals surface area contributed by atoms with Gasteiger partial charge in [-0.3, -0.25) is 9.48 Å². The summed E-state index contributed by atoms with van der Waals surface area (Å²) in [6.07, 6.45) is -4.54. The third-order valence-electron chi connectivity index (χ3n) is 5.79. The molecule has 2 atom stereocenters. The maximum atomic E-state index is 13.3. The molecule has 0 aliphatic heterocycles. The maximum Gasteiger partial charge on any atom is 0.287 e. The second-order valence-electron chi connectivity index (χ2n) is 8.02. The Morgan fingerprint density at radius 1 is 1.03 bits per heavy atom. The molecule has 0 spiro atoms. The lowest BCUT2D eigenvalue weighted by Crippen LogP contribution is -2.27. The molecule has 2 aromatic heterocycles. The lowest BCUT2D eigenvalue weighted by atomic mass is 9.95. The van der Waals surface area contributed by atoms with Gasteiger partial charge in [-0.05, 0) is 42.0 Å². The van der Waals surface area contributed by atoms with Gasteiger partial charge in [0.25, 0.3) is 18.8 Å². The van der Waals surface area contributed by atoms with E-state index in [-0.39, 0.29) is 24.1 Å². The van der Waals surface area contributed by atoms with E-state index in [1.165, 1.54) is 17.7 Å². The third kappa shape index (κ3) is 5.63. The molecule has 2 heterocycles. The predicted octanol–water partition coefficient (Wildman–Crippen LogP) is 7.45. The van der Waals surface area contributed by atoms with Gasteiger partial charge in [-0.2, -0.15) is 5.10 Å². The monoisotopic (exact) mass is 499 g/mol. The lowest BCUT2D eigenvalue weighted by Gasteiger charge is -2.18. The van der Waals surface area contributed by atoms with Crippen molar-refractivity contribution in [1.29, 1.82) is 0 Å². The van der Waals surface area contributed by atoms with Gasteiger partial charge in [-0.25, -0.2) is 17.6 Å². The van der Waals surface area contributed by atoms with Gasteiger partial charge >= 0.3 is 0 Å². The van der Waals surface area contributed by atoms with Gasteiger partial charge < -0.3 is 9.73 Å². The van der Waals surface area contributed by atoms with E-state index in [4.69, 9.17) is 16.0 Å². The van der Waals surface area contributed by atoms with E-state index < -0.39 is 35.2 Å². The van der Waals surface area contributed by atoms with Gasteiger partial charge in [-0.1, -0.05) is 56.6 Å². The van der Waals surface area contributed by atoms with Crippen LogP contribution < -0.4 is 5.32 Å². The molecule has 2 unspecified atom stereocenters. The van der Waals surface area contributed by atoms with E-state index in [9.17, 15) is 22.4 Å². The van der Waals surface area contributed by atoms with Crippen LogP contribution in [0.4, 0.5) is 17.6 Å². The van der Waals surface area contributed by atoms with Crippen molar-refractivity contribution >= 4 is 17.5 Å². The summed E-state index contributed by atoms with van der Waals surface area (Å²) >= 11 is 5.67. The predicted molar refractivity (Wildman–Crippen MR) is 121 cm³/mol. The first-order valence-electron chi connectivity index (χ1n) is 11.0. The minimum Gasteiger partial charge on any atom is -0.454 e. The van der Waals surface area contributed by atoms with Gasteiger partial charge in [0, 0.05) is 0 Å². The standard InChI is InChI=1S/C24H26ClF4N3O2/c1-4-13(3)14-6-8-15(9-7-14)17(5-2)30-24(33)18-11-10-16(34-18)12-32-21(23(28)29)19(25)20(31-32)22(26)27/h6-11,13,17,22-23H,4-5,12H2,1-3H3,(H,30,33). The number of alkyl halides is 4. The van der Waals surface area contributed by atoms with Gasteiger partial charge in [0.1, 0.15) is 17.1 Å². The molecule has 5 nitrogen and oxygen atoms in total. The quantitative estimate of drug-likeness (QED) is 0.295. The van der Waals surface area contributed by atoms with Crippen molar-refractivity contribution in [3.8, 4) is 0 Å². The maximum absolute atomic E-state index is 13.3. The summed E-state index contributed by atoms with van der Waals surface area (Å²) in [6.45, 7) is 5.83. The van der Waals surface area contributed by atoms with Crippen molar-refractivity contribution in [3.63, 3.8) is 0 Å². The zero-order valence-electron chi connectivity index (χ0n) is 19.0. The number of amides is 1. The lowest BCUT2D eigenvalue weighted by molar-refractivity contribution is 0.0904. The molecular formula is C24H26ClF4N3O2. The molecule has 10 heteroatoms. The zero-order valence-corrected chi connectivity index (χ0v) is 19.8.